The van der Waals surface area contributed by atoms with E-state index in [0.717, 1.165) is 6.42 Å². The van der Waals surface area contributed by atoms with E-state index in [1.807, 2.05) is 20.8 Å². The van der Waals surface area contributed by atoms with Crippen LogP contribution in [0.5, 0.6) is 0 Å². The first kappa shape index (κ1) is 14.6. The molecule has 5 heteroatoms. The number of nitrogens with zero attached hydrogens (tertiary/aromatic N) is 1. The molecule has 0 aromatic heterocycles. The fourth-order valence-electron chi connectivity index (χ4n) is 1.27. The largest absolute Gasteiger partial charge is 0.506 e. The van der Waals surface area contributed by atoms with Crippen molar-refractivity contribution in [2.45, 2.75) is 27.2 Å². The smallest absolute Gasteiger partial charge is 0.445 e. The van der Waals surface area contributed by atoms with Gasteiger partial charge in [-0.05, 0) is 19.0 Å². The van der Waals surface area contributed by atoms with Crippen molar-refractivity contribution in [2.75, 3.05) is 19.6 Å². The molecular formula is C10H20BF3N-. The third-order valence-corrected chi connectivity index (χ3v) is 2.60. The second kappa shape index (κ2) is 6.21. The van der Waals surface area contributed by atoms with Gasteiger partial charge in [0.25, 0.3) is 0 Å². The predicted octanol–water partition coefficient (Wildman–Crippen LogP) is 3.30. The van der Waals surface area contributed by atoms with Crippen molar-refractivity contribution in [3.8, 4) is 0 Å². The zero-order valence-electron chi connectivity index (χ0n) is 9.77. The summed E-state index contributed by atoms with van der Waals surface area (Å²) in [6.45, 7) is 5.48. The summed E-state index contributed by atoms with van der Waals surface area (Å²) in [7, 11) is 0. The van der Waals surface area contributed by atoms with Gasteiger partial charge in [-0.15, -0.1) is 12.1 Å². The Morgan fingerprint density at radius 1 is 1.33 bits per heavy atom. The molecule has 0 amide bonds. The van der Waals surface area contributed by atoms with E-state index in [4.69, 9.17) is 0 Å². The maximum absolute atomic E-state index is 12.3. The number of rotatable bonds is 7. The molecule has 0 spiro atoms. The first-order chi connectivity index (χ1) is 6.81. The van der Waals surface area contributed by atoms with Crippen molar-refractivity contribution in [3.05, 3.63) is 12.1 Å². The summed E-state index contributed by atoms with van der Waals surface area (Å²) in [4.78, 5) is 1.80. The monoisotopic (exact) mass is 222 g/mol. The molecule has 1 atom stereocenters. The Morgan fingerprint density at radius 2 is 1.87 bits per heavy atom. The molecule has 0 aromatic rings. The van der Waals surface area contributed by atoms with E-state index in [2.05, 4.69) is 6.58 Å². The Kier molecular flexibility index (Phi) is 6.02. The Morgan fingerprint density at radius 3 is 2.20 bits per heavy atom. The molecule has 15 heavy (non-hydrogen) atoms. The third kappa shape index (κ3) is 5.87. The van der Waals surface area contributed by atoms with Gasteiger partial charge in [0, 0.05) is 6.54 Å². The van der Waals surface area contributed by atoms with Crippen LogP contribution in [0.15, 0.2) is 12.1 Å². The quantitative estimate of drug-likeness (QED) is 0.597. The van der Waals surface area contributed by atoms with Crippen LogP contribution >= 0.6 is 0 Å². The van der Waals surface area contributed by atoms with Gasteiger partial charge < -0.3 is 17.8 Å². The van der Waals surface area contributed by atoms with E-state index in [-0.39, 0.29) is 6.54 Å². The zero-order valence-corrected chi connectivity index (χ0v) is 9.77. The average Bonchev–Trinajstić information content (AvgIpc) is 2.14. The highest BCUT2D eigenvalue weighted by molar-refractivity contribution is 6.66. The van der Waals surface area contributed by atoms with E-state index < -0.39 is 12.4 Å². The Hall–Kier alpha value is -0.445. The Bertz CT molecular complexity index is 203. The number of hydrogen-bond donors (Lipinski definition) is 0. The molecule has 0 rings (SSSR count). The lowest BCUT2D eigenvalue weighted by Crippen LogP contribution is -2.35. The van der Waals surface area contributed by atoms with Crippen LogP contribution in [0.1, 0.15) is 27.2 Å². The molecule has 0 saturated heterocycles. The van der Waals surface area contributed by atoms with Crippen LogP contribution in [0.4, 0.5) is 12.9 Å². The van der Waals surface area contributed by atoms with Crippen molar-refractivity contribution >= 4 is 6.98 Å². The molecule has 0 aliphatic heterocycles. The van der Waals surface area contributed by atoms with Crippen LogP contribution in [0.25, 0.3) is 0 Å². The van der Waals surface area contributed by atoms with Gasteiger partial charge in [-0.25, -0.2) is 0 Å². The Labute approximate surface area is 90.4 Å². The maximum Gasteiger partial charge on any atom is 0.506 e. The van der Waals surface area contributed by atoms with Crippen LogP contribution in [0, 0.1) is 5.92 Å². The highest BCUT2D eigenvalue weighted by atomic mass is 19.4. The van der Waals surface area contributed by atoms with Gasteiger partial charge >= 0.3 is 6.98 Å². The summed E-state index contributed by atoms with van der Waals surface area (Å²) in [6.07, 6.45) is 0.986. The van der Waals surface area contributed by atoms with E-state index >= 15 is 0 Å². The summed E-state index contributed by atoms with van der Waals surface area (Å²) in [5.74, 6) is 0.429. The molecule has 0 N–H and O–H groups in total. The second-order valence-electron chi connectivity index (χ2n) is 4.07. The maximum atomic E-state index is 12.3. The van der Waals surface area contributed by atoms with Crippen LogP contribution in [-0.4, -0.2) is 31.5 Å². The highest BCUT2D eigenvalue weighted by Crippen LogP contribution is 2.19. The van der Waals surface area contributed by atoms with Crippen molar-refractivity contribution in [3.63, 3.8) is 0 Å². The fraction of sp³-hybridized carbons (Fsp3) is 0.800. The highest BCUT2D eigenvalue weighted by Gasteiger charge is 2.27. The molecule has 1 unspecified atom stereocenters. The van der Waals surface area contributed by atoms with Crippen LogP contribution in [0.3, 0.4) is 0 Å². The summed E-state index contributed by atoms with van der Waals surface area (Å²) in [5, 5.41) is 0. The van der Waals surface area contributed by atoms with Crippen molar-refractivity contribution in [2.24, 2.45) is 5.92 Å². The van der Waals surface area contributed by atoms with Gasteiger partial charge in [-0.3, -0.25) is 0 Å². The molecule has 0 heterocycles. The predicted molar refractivity (Wildman–Crippen MR) is 59.8 cm³/mol. The normalized spacial score (nSPS) is 14.3. The minimum Gasteiger partial charge on any atom is -0.445 e. The lowest BCUT2D eigenvalue weighted by Gasteiger charge is -2.28. The van der Waals surface area contributed by atoms with Gasteiger partial charge in [-0.2, -0.15) is 0 Å². The summed E-state index contributed by atoms with van der Waals surface area (Å²) >= 11 is 0. The van der Waals surface area contributed by atoms with Crippen LogP contribution in [0.2, 0.25) is 0 Å². The molecule has 0 aliphatic rings. The first-order valence-electron chi connectivity index (χ1n) is 5.41. The van der Waals surface area contributed by atoms with Crippen LogP contribution in [-0.2, 0) is 0 Å². The number of likely N-dealkylation sites (N-methyl/N-ethyl adjacent to an activating group) is 1. The van der Waals surface area contributed by atoms with E-state index in [0.29, 0.717) is 19.0 Å². The molecule has 1 nitrogen and oxygen atoms in total. The standard InChI is InChI=1S/C10H20BF3N/c1-5-9(3)7-15(6-2)8-10(4)11(12,13)14/h9H,4-8H2,1-3H3/q-1. The minimum absolute atomic E-state index is 0.0513. The molecule has 90 valence electrons. The fourth-order valence-corrected chi connectivity index (χ4v) is 1.27. The molecule has 0 bridgehead atoms. The van der Waals surface area contributed by atoms with E-state index in [1.165, 1.54) is 0 Å². The van der Waals surface area contributed by atoms with Crippen molar-refractivity contribution < 1.29 is 12.9 Å². The minimum atomic E-state index is -4.88. The van der Waals surface area contributed by atoms with Gasteiger partial charge in [0.2, 0.25) is 0 Å². The average molecular weight is 222 g/mol. The molecule has 0 saturated carbocycles. The summed E-state index contributed by atoms with van der Waals surface area (Å²) in [6, 6.07) is 0. The van der Waals surface area contributed by atoms with Gasteiger partial charge in [0.15, 0.2) is 0 Å². The van der Waals surface area contributed by atoms with Crippen LogP contribution < -0.4 is 0 Å². The lowest BCUT2D eigenvalue weighted by atomic mass is 9.80. The topological polar surface area (TPSA) is 3.24 Å². The summed E-state index contributed by atoms with van der Waals surface area (Å²) in [5.41, 5.74) is -0.597. The summed E-state index contributed by atoms with van der Waals surface area (Å²) < 4.78 is 36.9. The number of hydrogen-bond acceptors (Lipinski definition) is 1. The molecule has 0 fully saturated rings. The SMILES string of the molecule is C=C(CN(CC)CC(C)CC)[B-](F)(F)F. The van der Waals surface area contributed by atoms with Gasteiger partial charge in [0.05, 0.1) is 0 Å². The number of halogens is 3. The zero-order chi connectivity index (χ0) is 12.1. The molecule has 0 aliphatic carbocycles. The van der Waals surface area contributed by atoms with Gasteiger partial charge in [-0.1, -0.05) is 27.2 Å². The third-order valence-electron chi connectivity index (χ3n) is 2.60. The van der Waals surface area contributed by atoms with Crippen molar-refractivity contribution in [1.29, 1.82) is 0 Å². The second-order valence-corrected chi connectivity index (χ2v) is 4.07. The molecular weight excluding hydrogens is 202 g/mol. The van der Waals surface area contributed by atoms with Crippen molar-refractivity contribution in [1.82, 2.24) is 4.90 Å². The molecule has 0 radical (unpaired) electrons. The van der Waals surface area contributed by atoms with E-state index in [1.54, 1.807) is 4.90 Å². The molecule has 0 aromatic carbocycles. The van der Waals surface area contributed by atoms with E-state index in [9.17, 15) is 12.9 Å². The van der Waals surface area contributed by atoms with Gasteiger partial charge in [0.1, 0.15) is 0 Å². The first-order valence-corrected chi connectivity index (χ1v) is 5.41. The lowest BCUT2D eigenvalue weighted by molar-refractivity contribution is 0.263. The Balaban J connectivity index is 4.16.